The molecule has 1 fully saturated rings. The van der Waals surface area contributed by atoms with Gasteiger partial charge in [-0.3, -0.25) is 4.79 Å². The summed E-state index contributed by atoms with van der Waals surface area (Å²) in [6.45, 7) is 4.68. The quantitative estimate of drug-likeness (QED) is 0.763. The average molecular weight is 246 g/mol. The van der Waals surface area contributed by atoms with Gasteiger partial charge in [-0.05, 0) is 38.8 Å². The van der Waals surface area contributed by atoms with E-state index >= 15 is 0 Å². The maximum Gasteiger partial charge on any atom is 0.163 e. The number of hydrogen-bond donors (Lipinski definition) is 0. The largest absolute Gasteiger partial charge is 0.353 e. The van der Waals surface area contributed by atoms with E-state index in [0.717, 1.165) is 17.9 Å². The summed E-state index contributed by atoms with van der Waals surface area (Å²) in [4.78, 5) is 18.5. The van der Waals surface area contributed by atoms with Crippen molar-refractivity contribution >= 4 is 11.6 Å². The van der Waals surface area contributed by atoms with E-state index < -0.39 is 0 Å². The highest BCUT2D eigenvalue weighted by molar-refractivity contribution is 5.98. The molecule has 98 valence electrons. The van der Waals surface area contributed by atoms with Crippen LogP contribution in [-0.2, 0) is 0 Å². The first-order valence-corrected chi connectivity index (χ1v) is 6.96. The molecular formula is C15H22N2O. The van der Waals surface area contributed by atoms with Gasteiger partial charge in [0.15, 0.2) is 5.78 Å². The molecule has 0 N–H and O–H groups in total. The van der Waals surface area contributed by atoms with Gasteiger partial charge < -0.3 is 4.90 Å². The van der Waals surface area contributed by atoms with E-state index in [0.29, 0.717) is 6.04 Å². The molecule has 1 aromatic heterocycles. The van der Waals surface area contributed by atoms with Gasteiger partial charge in [0.2, 0.25) is 0 Å². The fourth-order valence-corrected chi connectivity index (χ4v) is 2.87. The van der Waals surface area contributed by atoms with Gasteiger partial charge in [-0.25, -0.2) is 4.98 Å². The van der Waals surface area contributed by atoms with E-state index in [1.807, 2.05) is 12.1 Å². The lowest BCUT2D eigenvalue weighted by atomic mass is 9.94. The van der Waals surface area contributed by atoms with E-state index in [-0.39, 0.29) is 5.78 Å². The number of anilines is 1. The molecule has 3 heteroatoms. The third-order valence-corrected chi connectivity index (χ3v) is 3.79. The summed E-state index contributed by atoms with van der Waals surface area (Å²) in [5, 5.41) is 0. The number of Topliss-reactive ketones (excluding diaryl/α,β-unsaturated/α-hetero) is 1. The first kappa shape index (κ1) is 13.1. The fraction of sp³-hybridized carbons (Fsp3) is 0.600. The minimum absolute atomic E-state index is 0.104. The molecule has 2 rings (SSSR count). The summed E-state index contributed by atoms with van der Waals surface area (Å²) < 4.78 is 0. The molecule has 0 aliphatic heterocycles. The van der Waals surface area contributed by atoms with Gasteiger partial charge in [-0.15, -0.1) is 0 Å². The van der Waals surface area contributed by atoms with Crippen LogP contribution in [0.15, 0.2) is 18.3 Å². The number of nitrogens with zero attached hydrogens (tertiary/aromatic N) is 2. The maximum atomic E-state index is 11.7. The SMILES string of the molecule is CCN(c1ncccc1C(C)=O)C1CCCCC1. The maximum absolute atomic E-state index is 11.7. The molecule has 1 heterocycles. The molecule has 0 bridgehead atoms. The topological polar surface area (TPSA) is 33.2 Å². The highest BCUT2D eigenvalue weighted by Crippen LogP contribution is 2.28. The van der Waals surface area contributed by atoms with Crippen molar-refractivity contribution in [2.24, 2.45) is 0 Å². The summed E-state index contributed by atoms with van der Waals surface area (Å²) in [5.74, 6) is 0.978. The smallest absolute Gasteiger partial charge is 0.163 e. The highest BCUT2D eigenvalue weighted by Gasteiger charge is 2.23. The molecule has 3 nitrogen and oxygen atoms in total. The van der Waals surface area contributed by atoms with Gasteiger partial charge in [0, 0.05) is 18.8 Å². The van der Waals surface area contributed by atoms with E-state index in [4.69, 9.17) is 0 Å². The van der Waals surface area contributed by atoms with Crippen molar-refractivity contribution in [2.45, 2.75) is 52.0 Å². The zero-order valence-electron chi connectivity index (χ0n) is 11.4. The van der Waals surface area contributed by atoms with Gasteiger partial charge in [0.1, 0.15) is 5.82 Å². The molecule has 1 aliphatic rings. The molecule has 0 radical (unpaired) electrons. The number of carbonyl (C=O) groups is 1. The summed E-state index contributed by atoms with van der Waals surface area (Å²) in [6, 6.07) is 4.28. The van der Waals surface area contributed by atoms with Crippen molar-refractivity contribution < 1.29 is 4.79 Å². The Morgan fingerprint density at radius 3 is 2.72 bits per heavy atom. The van der Waals surface area contributed by atoms with Crippen LogP contribution in [0.5, 0.6) is 0 Å². The normalized spacial score (nSPS) is 16.6. The van der Waals surface area contributed by atoms with Crippen LogP contribution in [0.25, 0.3) is 0 Å². The Labute approximate surface area is 109 Å². The number of aromatic nitrogens is 1. The first-order chi connectivity index (χ1) is 8.74. The standard InChI is InChI=1S/C15H22N2O/c1-3-17(13-8-5-4-6-9-13)15-14(12(2)18)10-7-11-16-15/h7,10-11,13H,3-6,8-9H2,1-2H3. The molecule has 0 saturated heterocycles. The Hall–Kier alpha value is -1.38. The summed E-state index contributed by atoms with van der Waals surface area (Å²) >= 11 is 0. The molecule has 18 heavy (non-hydrogen) atoms. The van der Waals surface area contributed by atoms with Crippen molar-refractivity contribution in [3.63, 3.8) is 0 Å². The third kappa shape index (κ3) is 2.71. The molecule has 0 spiro atoms. The van der Waals surface area contributed by atoms with Gasteiger partial charge in [0.05, 0.1) is 5.56 Å². The van der Waals surface area contributed by atoms with E-state index in [1.54, 1.807) is 13.1 Å². The lowest BCUT2D eigenvalue weighted by Crippen LogP contribution is -2.38. The Morgan fingerprint density at radius 2 is 2.11 bits per heavy atom. The Morgan fingerprint density at radius 1 is 1.39 bits per heavy atom. The lowest BCUT2D eigenvalue weighted by Gasteiger charge is -2.35. The van der Waals surface area contributed by atoms with Crippen LogP contribution < -0.4 is 4.90 Å². The third-order valence-electron chi connectivity index (χ3n) is 3.79. The number of rotatable bonds is 4. The fourth-order valence-electron chi connectivity index (χ4n) is 2.87. The predicted octanol–water partition coefficient (Wildman–Crippen LogP) is 3.44. The van der Waals surface area contributed by atoms with Crippen molar-refractivity contribution in [3.05, 3.63) is 23.9 Å². The van der Waals surface area contributed by atoms with Gasteiger partial charge >= 0.3 is 0 Å². The van der Waals surface area contributed by atoms with Crippen molar-refractivity contribution in [1.82, 2.24) is 4.98 Å². The van der Waals surface area contributed by atoms with Gasteiger partial charge in [-0.1, -0.05) is 19.3 Å². The van der Waals surface area contributed by atoms with Crippen LogP contribution in [0.4, 0.5) is 5.82 Å². The van der Waals surface area contributed by atoms with Gasteiger partial charge in [-0.2, -0.15) is 0 Å². The van der Waals surface area contributed by atoms with Crippen LogP contribution in [0.2, 0.25) is 0 Å². The Balaban J connectivity index is 2.28. The van der Waals surface area contributed by atoms with Crippen molar-refractivity contribution in [2.75, 3.05) is 11.4 Å². The Kier molecular flexibility index (Phi) is 4.34. The van der Waals surface area contributed by atoms with Crippen LogP contribution >= 0.6 is 0 Å². The molecule has 0 unspecified atom stereocenters. The first-order valence-electron chi connectivity index (χ1n) is 6.96. The zero-order chi connectivity index (χ0) is 13.0. The molecule has 0 atom stereocenters. The minimum Gasteiger partial charge on any atom is -0.353 e. The second kappa shape index (κ2) is 5.98. The van der Waals surface area contributed by atoms with Crippen molar-refractivity contribution in [1.29, 1.82) is 0 Å². The van der Waals surface area contributed by atoms with Crippen molar-refractivity contribution in [3.8, 4) is 0 Å². The second-order valence-corrected chi connectivity index (χ2v) is 5.01. The van der Waals surface area contributed by atoms with Crippen LogP contribution in [0, 0.1) is 0 Å². The number of hydrogen-bond acceptors (Lipinski definition) is 3. The van der Waals surface area contributed by atoms with Crippen LogP contribution in [0.3, 0.4) is 0 Å². The average Bonchev–Trinajstić information content (AvgIpc) is 2.41. The summed E-state index contributed by atoms with van der Waals surface area (Å²) in [5.41, 5.74) is 0.755. The van der Waals surface area contributed by atoms with E-state index in [1.165, 1.54) is 32.1 Å². The Bertz CT molecular complexity index is 411. The van der Waals surface area contributed by atoms with E-state index in [9.17, 15) is 4.79 Å². The molecule has 1 aromatic rings. The molecule has 0 amide bonds. The molecule has 0 aromatic carbocycles. The number of carbonyl (C=O) groups excluding carboxylic acids is 1. The number of pyridine rings is 1. The summed E-state index contributed by atoms with van der Waals surface area (Å²) in [6.07, 6.45) is 8.17. The molecule has 1 saturated carbocycles. The highest BCUT2D eigenvalue weighted by atomic mass is 16.1. The minimum atomic E-state index is 0.104. The number of ketones is 1. The molecule has 1 aliphatic carbocycles. The molecular weight excluding hydrogens is 224 g/mol. The van der Waals surface area contributed by atoms with Crippen LogP contribution in [-0.4, -0.2) is 23.4 Å². The van der Waals surface area contributed by atoms with Gasteiger partial charge in [0.25, 0.3) is 0 Å². The van der Waals surface area contributed by atoms with Crippen LogP contribution in [0.1, 0.15) is 56.3 Å². The zero-order valence-corrected chi connectivity index (χ0v) is 11.4. The second-order valence-electron chi connectivity index (χ2n) is 5.01. The lowest BCUT2D eigenvalue weighted by molar-refractivity contribution is 0.101. The predicted molar refractivity (Wildman–Crippen MR) is 74.1 cm³/mol. The monoisotopic (exact) mass is 246 g/mol. The van der Waals surface area contributed by atoms with E-state index in [2.05, 4.69) is 16.8 Å². The summed E-state index contributed by atoms with van der Waals surface area (Å²) in [7, 11) is 0.